The van der Waals surface area contributed by atoms with Crippen LogP contribution in [0.2, 0.25) is 5.02 Å². The number of aryl methyl sites for hydroxylation is 1. The van der Waals surface area contributed by atoms with Crippen LogP contribution in [0.15, 0.2) is 54.6 Å². The number of aromatic nitrogens is 2. The maximum atomic E-state index is 12.9. The minimum Gasteiger partial charge on any atom is -0.496 e. The first-order valence-electron chi connectivity index (χ1n) is 9.84. The van der Waals surface area contributed by atoms with Gasteiger partial charge in [-0.3, -0.25) is 4.79 Å². The highest BCUT2D eigenvalue weighted by Crippen LogP contribution is 2.26. The highest BCUT2D eigenvalue weighted by molar-refractivity contribution is 6.31. The first-order chi connectivity index (χ1) is 14.6. The molecule has 2 aromatic carbocycles. The summed E-state index contributed by atoms with van der Waals surface area (Å²) in [5.41, 5.74) is 3.60. The number of benzene rings is 2. The molecule has 0 aliphatic carbocycles. The summed E-state index contributed by atoms with van der Waals surface area (Å²) >= 11 is 6.08. The highest BCUT2D eigenvalue weighted by atomic mass is 35.5. The number of carbonyl (C=O) groups is 1. The standard InChI is InChI=1S/C23H23ClN4O2/c1-16-5-3-4-6-18(16)20-8-10-22(26-25-20)27-11-13-28(14-12-27)23(29)19-15-17(24)7-9-21(19)30-2/h3-10,15H,11-14H2,1-2H3. The fourth-order valence-corrected chi connectivity index (χ4v) is 3.83. The Bertz CT molecular complexity index is 1050. The van der Waals surface area contributed by atoms with Crippen molar-refractivity contribution in [1.82, 2.24) is 15.1 Å². The number of piperazine rings is 1. The number of halogens is 1. The number of hydrogen-bond acceptors (Lipinski definition) is 5. The van der Waals surface area contributed by atoms with Crippen LogP contribution in [0.25, 0.3) is 11.3 Å². The Morgan fingerprint density at radius 2 is 1.77 bits per heavy atom. The van der Waals surface area contributed by atoms with Crippen LogP contribution in [0.4, 0.5) is 5.82 Å². The molecule has 0 spiro atoms. The molecule has 7 heteroatoms. The van der Waals surface area contributed by atoms with Crippen LogP contribution in [-0.2, 0) is 0 Å². The number of hydrogen-bond donors (Lipinski definition) is 0. The third kappa shape index (κ3) is 4.09. The summed E-state index contributed by atoms with van der Waals surface area (Å²) in [6.07, 6.45) is 0. The van der Waals surface area contributed by atoms with Crippen LogP contribution < -0.4 is 9.64 Å². The third-order valence-corrected chi connectivity index (χ3v) is 5.59. The zero-order valence-electron chi connectivity index (χ0n) is 17.0. The molecule has 0 unspecified atom stereocenters. The normalized spacial score (nSPS) is 14.0. The third-order valence-electron chi connectivity index (χ3n) is 5.35. The second kappa shape index (κ2) is 8.71. The van der Waals surface area contributed by atoms with Crippen molar-refractivity contribution in [3.05, 3.63) is 70.7 Å². The summed E-state index contributed by atoms with van der Waals surface area (Å²) in [5.74, 6) is 1.28. The van der Waals surface area contributed by atoms with Crippen molar-refractivity contribution in [2.75, 3.05) is 38.2 Å². The lowest BCUT2D eigenvalue weighted by atomic mass is 10.1. The molecule has 3 aromatic rings. The highest BCUT2D eigenvalue weighted by Gasteiger charge is 2.25. The average molecular weight is 423 g/mol. The first kappa shape index (κ1) is 20.2. The number of nitrogens with zero attached hydrogens (tertiary/aromatic N) is 4. The predicted octanol–water partition coefficient (Wildman–Crippen LogP) is 4.08. The number of rotatable bonds is 4. The summed E-state index contributed by atoms with van der Waals surface area (Å²) in [5, 5.41) is 9.35. The van der Waals surface area contributed by atoms with E-state index in [1.807, 2.05) is 35.2 Å². The van der Waals surface area contributed by atoms with Gasteiger partial charge in [-0.2, -0.15) is 0 Å². The molecule has 1 fully saturated rings. The van der Waals surface area contributed by atoms with Crippen LogP contribution in [-0.4, -0.2) is 54.3 Å². The van der Waals surface area contributed by atoms with Crippen LogP contribution in [0.1, 0.15) is 15.9 Å². The number of carbonyl (C=O) groups excluding carboxylic acids is 1. The van der Waals surface area contributed by atoms with Crippen LogP contribution in [0.3, 0.4) is 0 Å². The maximum Gasteiger partial charge on any atom is 0.257 e. The Hall–Kier alpha value is -3.12. The van der Waals surface area contributed by atoms with E-state index in [2.05, 4.69) is 28.1 Å². The lowest BCUT2D eigenvalue weighted by molar-refractivity contribution is 0.0743. The molecule has 1 aromatic heterocycles. The Kier molecular flexibility index (Phi) is 5.86. The summed E-state index contributed by atoms with van der Waals surface area (Å²) in [6, 6.07) is 17.2. The number of anilines is 1. The number of amides is 1. The summed E-state index contributed by atoms with van der Waals surface area (Å²) < 4.78 is 5.32. The van der Waals surface area contributed by atoms with Gasteiger partial charge < -0.3 is 14.5 Å². The molecule has 30 heavy (non-hydrogen) atoms. The molecule has 2 heterocycles. The van der Waals surface area contributed by atoms with E-state index in [9.17, 15) is 4.79 Å². The lowest BCUT2D eigenvalue weighted by Crippen LogP contribution is -2.49. The number of ether oxygens (including phenoxy) is 1. The molecular weight excluding hydrogens is 400 g/mol. The van der Waals surface area contributed by atoms with Gasteiger partial charge >= 0.3 is 0 Å². The Labute approximate surface area is 181 Å². The Morgan fingerprint density at radius 3 is 2.43 bits per heavy atom. The molecule has 0 radical (unpaired) electrons. The van der Waals surface area contributed by atoms with Crippen molar-refractivity contribution >= 4 is 23.3 Å². The molecule has 1 saturated heterocycles. The molecule has 154 valence electrons. The lowest BCUT2D eigenvalue weighted by Gasteiger charge is -2.35. The molecule has 1 aliphatic heterocycles. The summed E-state index contributed by atoms with van der Waals surface area (Å²) in [6.45, 7) is 4.63. The number of methoxy groups -OCH3 is 1. The zero-order chi connectivity index (χ0) is 21.1. The van der Waals surface area contributed by atoms with E-state index in [1.54, 1.807) is 25.3 Å². The van der Waals surface area contributed by atoms with Crippen molar-refractivity contribution in [2.24, 2.45) is 0 Å². The van der Waals surface area contributed by atoms with Crippen molar-refractivity contribution in [3.8, 4) is 17.0 Å². The van der Waals surface area contributed by atoms with Gasteiger partial charge in [0, 0.05) is 36.8 Å². The van der Waals surface area contributed by atoms with Gasteiger partial charge in [-0.05, 0) is 42.8 Å². The van der Waals surface area contributed by atoms with Gasteiger partial charge in [0.1, 0.15) is 5.75 Å². The van der Waals surface area contributed by atoms with Gasteiger partial charge in [0.2, 0.25) is 0 Å². The van der Waals surface area contributed by atoms with Crippen LogP contribution in [0.5, 0.6) is 5.75 Å². The maximum absolute atomic E-state index is 12.9. The van der Waals surface area contributed by atoms with E-state index in [-0.39, 0.29) is 5.91 Å². The fraction of sp³-hybridized carbons (Fsp3) is 0.261. The van der Waals surface area contributed by atoms with Crippen molar-refractivity contribution < 1.29 is 9.53 Å². The Morgan fingerprint density at radius 1 is 1.00 bits per heavy atom. The topological polar surface area (TPSA) is 58.6 Å². The molecule has 1 amide bonds. The van der Waals surface area contributed by atoms with Gasteiger partial charge in [0.05, 0.1) is 18.4 Å². The van der Waals surface area contributed by atoms with Crippen LogP contribution >= 0.6 is 11.6 Å². The van der Waals surface area contributed by atoms with E-state index < -0.39 is 0 Å². The fourth-order valence-electron chi connectivity index (χ4n) is 3.65. The summed E-state index contributed by atoms with van der Waals surface area (Å²) in [4.78, 5) is 16.9. The molecule has 0 atom stereocenters. The quantitative estimate of drug-likeness (QED) is 0.634. The monoisotopic (exact) mass is 422 g/mol. The minimum absolute atomic E-state index is 0.0741. The van der Waals surface area contributed by atoms with E-state index in [0.717, 1.165) is 17.1 Å². The van der Waals surface area contributed by atoms with Gasteiger partial charge in [-0.25, -0.2) is 0 Å². The average Bonchev–Trinajstić information content (AvgIpc) is 2.79. The van der Waals surface area contributed by atoms with E-state index in [1.165, 1.54) is 5.56 Å². The second-order valence-corrected chi connectivity index (χ2v) is 7.65. The largest absolute Gasteiger partial charge is 0.496 e. The van der Waals surface area contributed by atoms with Gasteiger partial charge in [-0.15, -0.1) is 10.2 Å². The SMILES string of the molecule is COc1ccc(Cl)cc1C(=O)N1CCN(c2ccc(-c3ccccc3C)nn2)CC1. The molecule has 0 N–H and O–H groups in total. The first-order valence-corrected chi connectivity index (χ1v) is 10.2. The van der Waals surface area contributed by atoms with Crippen LogP contribution in [0, 0.1) is 6.92 Å². The van der Waals surface area contributed by atoms with E-state index in [0.29, 0.717) is 42.5 Å². The van der Waals surface area contributed by atoms with Crippen molar-refractivity contribution in [2.45, 2.75) is 6.92 Å². The molecule has 0 saturated carbocycles. The predicted molar refractivity (Wildman–Crippen MR) is 118 cm³/mol. The molecule has 1 aliphatic rings. The van der Waals surface area contributed by atoms with Crippen molar-refractivity contribution in [1.29, 1.82) is 0 Å². The van der Waals surface area contributed by atoms with Gasteiger partial charge in [-0.1, -0.05) is 35.9 Å². The van der Waals surface area contributed by atoms with E-state index >= 15 is 0 Å². The smallest absolute Gasteiger partial charge is 0.257 e. The zero-order valence-corrected chi connectivity index (χ0v) is 17.8. The molecule has 6 nitrogen and oxygen atoms in total. The molecule has 0 bridgehead atoms. The summed E-state index contributed by atoms with van der Waals surface area (Å²) in [7, 11) is 1.55. The molecular formula is C23H23ClN4O2. The van der Waals surface area contributed by atoms with Gasteiger partial charge in [0.25, 0.3) is 5.91 Å². The van der Waals surface area contributed by atoms with Crippen molar-refractivity contribution in [3.63, 3.8) is 0 Å². The van der Waals surface area contributed by atoms with Gasteiger partial charge in [0.15, 0.2) is 5.82 Å². The molecule has 4 rings (SSSR count). The van der Waals surface area contributed by atoms with E-state index in [4.69, 9.17) is 16.3 Å². The Balaban J connectivity index is 1.43. The second-order valence-electron chi connectivity index (χ2n) is 7.22. The minimum atomic E-state index is -0.0741.